The summed E-state index contributed by atoms with van der Waals surface area (Å²) in [6.45, 7) is 3.68. The summed E-state index contributed by atoms with van der Waals surface area (Å²) in [5.41, 5.74) is 0.747. The van der Waals surface area contributed by atoms with E-state index in [4.69, 9.17) is 4.74 Å². The number of amides is 2. The van der Waals surface area contributed by atoms with E-state index in [1.807, 2.05) is 37.3 Å². The third kappa shape index (κ3) is 3.97. The van der Waals surface area contributed by atoms with Crippen molar-refractivity contribution in [2.24, 2.45) is 0 Å². The predicted octanol–water partition coefficient (Wildman–Crippen LogP) is 2.61. The van der Waals surface area contributed by atoms with Gasteiger partial charge in [-0.1, -0.05) is 30.3 Å². The van der Waals surface area contributed by atoms with Gasteiger partial charge in [0.05, 0.1) is 23.6 Å². The Kier molecular flexibility index (Phi) is 5.20. The first-order valence-corrected chi connectivity index (χ1v) is 8.40. The van der Waals surface area contributed by atoms with Crippen molar-refractivity contribution >= 4 is 28.8 Å². The zero-order valence-corrected chi connectivity index (χ0v) is 14.9. The summed E-state index contributed by atoms with van der Waals surface area (Å²) in [5, 5.41) is 8.00. The van der Waals surface area contributed by atoms with E-state index in [1.165, 1.54) is 12.3 Å². The smallest absolute Gasteiger partial charge is 0.433 e. The largest absolute Gasteiger partial charge is 0.448 e. The molecule has 0 aliphatic rings. The lowest BCUT2D eigenvalue weighted by Crippen LogP contribution is -2.31. The SMILES string of the molecule is CCOC(=O)n1[nH]c(=O)c2cnc(NC(=O)N[C@H](C)c3ccccc3)cc21. The van der Waals surface area contributed by atoms with Gasteiger partial charge < -0.3 is 10.1 Å². The van der Waals surface area contributed by atoms with E-state index in [9.17, 15) is 14.4 Å². The summed E-state index contributed by atoms with van der Waals surface area (Å²) >= 11 is 0. The fraction of sp³-hybridized carbons (Fsp3) is 0.222. The van der Waals surface area contributed by atoms with E-state index in [-0.39, 0.29) is 29.4 Å². The number of aromatic nitrogens is 3. The molecule has 3 rings (SSSR count). The number of carbonyl (C=O) groups excluding carboxylic acids is 2. The quantitative estimate of drug-likeness (QED) is 0.653. The molecule has 2 aromatic heterocycles. The van der Waals surface area contributed by atoms with Gasteiger partial charge in [-0.25, -0.2) is 14.6 Å². The van der Waals surface area contributed by atoms with Crippen molar-refractivity contribution < 1.29 is 14.3 Å². The minimum atomic E-state index is -0.719. The maximum Gasteiger partial charge on any atom is 0.433 e. The number of H-pyrrole nitrogens is 1. The minimum absolute atomic E-state index is 0.163. The first-order chi connectivity index (χ1) is 13.0. The molecule has 0 saturated carbocycles. The van der Waals surface area contributed by atoms with Crippen molar-refractivity contribution in [3.63, 3.8) is 0 Å². The molecule has 9 nitrogen and oxygen atoms in total. The van der Waals surface area contributed by atoms with E-state index >= 15 is 0 Å². The maximum absolute atomic E-state index is 12.2. The Morgan fingerprint density at radius 3 is 2.74 bits per heavy atom. The summed E-state index contributed by atoms with van der Waals surface area (Å²) < 4.78 is 5.89. The number of urea groups is 1. The van der Waals surface area contributed by atoms with E-state index < -0.39 is 17.7 Å². The summed E-state index contributed by atoms with van der Waals surface area (Å²) in [6, 6.07) is 10.3. The number of fused-ring (bicyclic) bond motifs is 1. The molecule has 0 aliphatic heterocycles. The predicted molar refractivity (Wildman–Crippen MR) is 99.8 cm³/mol. The number of ether oxygens (including phenoxy) is 1. The number of anilines is 1. The number of pyridine rings is 1. The molecule has 140 valence electrons. The van der Waals surface area contributed by atoms with Crippen molar-refractivity contribution in [3.05, 3.63) is 58.5 Å². The molecule has 9 heteroatoms. The standard InChI is InChI=1S/C18H19N5O4/c1-3-27-18(26)23-14-9-15(19-10-13(14)16(24)22-23)21-17(25)20-11(2)12-7-5-4-6-8-12/h4-11H,3H2,1-2H3,(H,22,24)(H2,19,20,21,25)/t11-/m1/s1. The summed E-state index contributed by atoms with van der Waals surface area (Å²) in [6.07, 6.45) is 0.573. The Morgan fingerprint density at radius 2 is 2.04 bits per heavy atom. The van der Waals surface area contributed by atoms with Crippen molar-refractivity contribution in [1.29, 1.82) is 0 Å². The second kappa shape index (κ2) is 7.73. The van der Waals surface area contributed by atoms with Crippen LogP contribution in [0, 0.1) is 0 Å². The second-order valence-corrected chi connectivity index (χ2v) is 5.79. The highest BCUT2D eigenvalue weighted by molar-refractivity contribution is 5.93. The highest BCUT2D eigenvalue weighted by Crippen LogP contribution is 2.15. The first-order valence-electron chi connectivity index (χ1n) is 8.40. The lowest BCUT2D eigenvalue weighted by atomic mass is 10.1. The van der Waals surface area contributed by atoms with Crippen molar-refractivity contribution in [2.45, 2.75) is 19.9 Å². The van der Waals surface area contributed by atoms with Crippen LogP contribution in [0.2, 0.25) is 0 Å². The van der Waals surface area contributed by atoms with Crippen molar-refractivity contribution in [1.82, 2.24) is 20.1 Å². The molecule has 0 radical (unpaired) electrons. The van der Waals surface area contributed by atoms with Crippen LogP contribution in [0.1, 0.15) is 25.5 Å². The fourth-order valence-corrected chi connectivity index (χ4v) is 2.60. The summed E-state index contributed by atoms with van der Waals surface area (Å²) in [4.78, 5) is 40.2. The van der Waals surface area contributed by atoms with Gasteiger partial charge in [-0.2, -0.15) is 4.68 Å². The number of hydrogen-bond acceptors (Lipinski definition) is 5. The molecule has 2 heterocycles. The number of carbonyl (C=O) groups is 2. The molecule has 0 spiro atoms. The van der Waals surface area contributed by atoms with Gasteiger partial charge in [0.25, 0.3) is 5.56 Å². The Bertz CT molecular complexity index is 1030. The third-order valence-corrected chi connectivity index (χ3v) is 3.92. The number of nitrogens with zero attached hydrogens (tertiary/aromatic N) is 2. The van der Waals surface area contributed by atoms with Gasteiger partial charge in [0.2, 0.25) is 0 Å². The summed E-state index contributed by atoms with van der Waals surface area (Å²) in [5.74, 6) is 0.192. The van der Waals surface area contributed by atoms with Crippen LogP contribution in [0.15, 0.2) is 47.4 Å². The normalized spacial score (nSPS) is 11.8. The Balaban J connectivity index is 1.78. The molecular formula is C18H19N5O4. The van der Waals surface area contributed by atoms with Gasteiger partial charge in [-0.3, -0.25) is 15.2 Å². The lowest BCUT2D eigenvalue weighted by Gasteiger charge is -2.14. The molecule has 2 amide bonds. The van der Waals surface area contributed by atoms with Crippen LogP contribution in [0.3, 0.4) is 0 Å². The molecule has 0 bridgehead atoms. The van der Waals surface area contributed by atoms with Gasteiger partial charge >= 0.3 is 12.1 Å². The maximum atomic E-state index is 12.2. The number of aromatic amines is 1. The molecule has 3 aromatic rings. The van der Waals surface area contributed by atoms with Gasteiger partial charge in [-0.05, 0) is 19.4 Å². The monoisotopic (exact) mass is 369 g/mol. The highest BCUT2D eigenvalue weighted by Gasteiger charge is 2.16. The average molecular weight is 369 g/mol. The number of nitrogens with one attached hydrogen (secondary N) is 3. The molecule has 1 atom stereocenters. The minimum Gasteiger partial charge on any atom is -0.448 e. The molecule has 3 N–H and O–H groups in total. The number of hydrogen-bond donors (Lipinski definition) is 3. The Morgan fingerprint density at radius 1 is 1.30 bits per heavy atom. The van der Waals surface area contributed by atoms with Gasteiger partial charge in [0, 0.05) is 12.3 Å². The topological polar surface area (TPSA) is 118 Å². The number of benzene rings is 1. The molecule has 0 aliphatic carbocycles. The molecule has 0 unspecified atom stereocenters. The zero-order valence-electron chi connectivity index (χ0n) is 14.9. The van der Waals surface area contributed by atoms with Crippen molar-refractivity contribution in [3.8, 4) is 0 Å². The first kappa shape index (κ1) is 18.2. The molecule has 1 aromatic carbocycles. The fourth-order valence-electron chi connectivity index (χ4n) is 2.60. The van der Waals surface area contributed by atoms with Gasteiger partial charge in [0.15, 0.2) is 0 Å². The Hall–Kier alpha value is -3.62. The van der Waals surface area contributed by atoms with E-state index in [2.05, 4.69) is 20.7 Å². The van der Waals surface area contributed by atoms with Crippen LogP contribution in [0.5, 0.6) is 0 Å². The number of rotatable bonds is 4. The third-order valence-electron chi connectivity index (χ3n) is 3.92. The molecule has 27 heavy (non-hydrogen) atoms. The summed E-state index contributed by atoms with van der Waals surface area (Å²) in [7, 11) is 0. The lowest BCUT2D eigenvalue weighted by molar-refractivity contribution is 0.151. The Labute approximate surface area is 154 Å². The zero-order chi connectivity index (χ0) is 19.4. The van der Waals surface area contributed by atoms with E-state index in [1.54, 1.807) is 6.92 Å². The van der Waals surface area contributed by atoms with Crippen LogP contribution >= 0.6 is 0 Å². The van der Waals surface area contributed by atoms with Crippen LogP contribution in [-0.4, -0.2) is 33.5 Å². The van der Waals surface area contributed by atoms with Crippen LogP contribution in [-0.2, 0) is 4.74 Å². The van der Waals surface area contributed by atoms with E-state index in [0.29, 0.717) is 0 Å². The molecule has 0 fully saturated rings. The second-order valence-electron chi connectivity index (χ2n) is 5.79. The van der Waals surface area contributed by atoms with Gasteiger partial charge in [0.1, 0.15) is 5.82 Å². The molecule has 0 saturated heterocycles. The van der Waals surface area contributed by atoms with E-state index in [0.717, 1.165) is 10.2 Å². The van der Waals surface area contributed by atoms with Crippen molar-refractivity contribution in [2.75, 3.05) is 11.9 Å². The molecular weight excluding hydrogens is 350 g/mol. The van der Waals surface area contributed by atoms with Crippen LogP contribution in [0.25, 0.3) is 10.9 Å². The highest BCUT2D eigenvalue weighted by atomic mass is 16.6. The average Bonchev–Trinajstić information content (AvgIpc) is 2.99. The van der Waals surface area contributed by atoms with Crippen LogP contribution < -0.4 is 16.2 Å². The van der Waals surface area contributed by atoms with Crippen LogP contribution in [0.4, 0.5) is 15.4 Å². The van der Waals surface area contributed by atoms with Gasteiger partial charge in [-0.15, -0.1) is 0 Å².